The lowest BCUT2D eigenvalue weighted by Crippen LogP contribution is -2.33. The van der Waals surface area contributed by atoms with Gasteiger partial charge in [-0.25, -0.2) is 0 Å². The molecule has 0 amide bonds. The number of hydrogen-bond donors (Lipinski definition) is 2. The third kappa shape index (κ3) is 27.2. The van der Waals surface area contributed by atoms with Gasteiger partial charge in [0.1, 0.15) is 6.29 Å². The standard InChI is InChI=1S/C28H51N3OS.CH4O/c1-24(2)11-7-12-25(3)13-8-14-26(4)15-9-16-27(5)17-20-33-22-28(21-32)31-23-30-19-10-18-29-6;1-2/h10,17-19,21,24-26,28,31H,6-9,11-16,20,22-23H2,1-5H3;2H,1H3/b18-10-,27-17+,30-19-;. The Morgan fingerprint density at radius 3 is 2.17 bits per heavy atom. The largest absolute Gasteiger partial charge is 0.400 e. The molecule has 0 aromatic rings. The molecule has 0 heterocycles. The van der Waals surface area contributed by atoms with E-state index in [0.717, 1.165) is 42.7 Å². The molecule has 3 unspecified atom stereocenters. The van der Waals surface area contributed by atoms with Crippen molar-refractivity contribution in [2.24, 2.45) is 27.7 Å². The molecule has 6 heteroatoms. The van der Waals surface area contributed by atoms with Gasteiger partial charge in [0.25, 0.3) is 0 Å². The van der Waals surface area contributed by atoms with Crippen LogP contribution in [-0.4, -0.2) is 55.7 Å². The molecule has 3 atom stereocenters. The highest BCUT2D eigenvalue weighted by molar-refractivity contribution is 7.99. The molecule has 0 rings (SSSR count). The van der Waals surface area contributed by atoms with Crippen LogP contribution in [0.25, 0.3) is 0 Å². The summed E-state index contributed by atoms with van der Waals surface area (Å²) in [6.45, 7) is 15.5. The van der Waals surface area contributed by atoms with Crippen molar-refractivity contribution in [3.8, 4) is 0 Å². The first-order chi connectivity index (χ1) is 16.9. The second-order valence-electron chi connectivity index (χ2n) is 9.91. The number of aliphatic hydroxyl groups excluding tert-OH is 1. The zero-order valence-corrected chi connectivity index (χ0v) is 24.4. The number of aliphatic hydroxyl groups is 1. The van der Waals surface area contributed by atoms with Crippen LogP contribution in [-0.2, 0) is 4.79 Å². The Hall–Kier alpha value is -1.24. The van der Waals surface area contributed by atoms with Crippen LogP contribution in [0.5, 0.6) is 0 Å². The summed E-state index contributed by atoms with van der Waals surface area (Å²) in [5.74, 6) is 4.29. The molecule has 0 bridgehead atoms. The summed E-state index contributed by atoms with van der Waals surface area (Å²) >= 11 is 1.79. The predicted molar refractivity (Wildman–Crippen MR) is 159 cm³/mol. The van der Waals surface area contributed by atoms with E-state index in [1.165, 1.54) is 63.4 Å². The highest BCUT2D eigenvalue weighted by Crippen LogP contribution is 2.22. The summed E-state index contributed by atoms with van der Waals surface area (Å²) in [6.07, 6.45) is 20.3. The van der Waals surface area contributed by atoms with Crippen molar-refractivity contribution in [1.29, 1.82) is 0 Å². The lowest BCUT2D eigenvalue weighted by molar-refractivity contribution is -0.109. The first kappa shape index (κ1) is 35.9. The molecular weight excluding hydrogens is 454 g/mol. The normalized spacial score (nSPS) is 14.7. The zero-order chi connectivity index (χ0) is 26.7. The van der Waals surface area contributed by atoms with Crippen LogP contribution in [0, 0.1) is 17.8 Å². The van der Waals surface area contributed by atoms with E-state index in [0.29, 0.717) is 6.67 Å². The number of hydrogen-bond acceptors (Lipinski definition) is 6. The van der Waals surface area contributed by atoms with Gasteiger partial charge in [-0.05, 0) is 50.3 Å². The number of nitrogens with one attached hydrogen (secondary N) is 1. The number of allylic oxidation sites excluding steroid dienone is 2. The minimum Gasteiger partial charge on any atom is -0.400 e. The molecule has 0 spiro atoms. The van der Waals surface area contributed by atoms with E-state index in [9.17, 15) is 4.79 Å². The molecule has 35 heavy (non-hydrogen) atoms. The van der Waals surface area contributed by atoms with Crippen LogP contribution in [0.2, 0.25) is 0 Å². The fourth-order valence-corrected chi connectivity index (χ4v) is 4.72. The number of carbonyl (C=O) groups excluding carboxylic acids is 1. The van der Waals surface area contributed by atoms with Gasteiger partial charge in [0, 0.05) is 31.0 Å². The summed E-state index contributed by atoms with van der Waals surface area (Å²) in [5, 5.41) is 10.1. The number of nitrogens with zero attached hydrogens (tertiary/aromatic N) is 2. The Kier molecular flexibility index (Phi) is 28.1. The fourth-order valence-electron chi connectivity index (χ4n) is 3.73. The topological polar surface area (TPSA) is 74.0 Å². The van der Waals surface area contributed by atoms with E-state index >= 15 is 0 Å². The van der Waals surface area contributed by atoms with Gasteiger partial charge in [-0.3, -0.25) is 15.3 Å². The maximum absolute atomic E-state index is 11.2. The van der Waals surface area contributed by atoms with Gasteiger partial charge < -0.3 is 9.90 Å². The summed E-state index contributed by atoms with van der Waals surface area (Å²) < 4.78 is 0. The van der Waals surface area contributed by atoms with Crippen LogP contribution in [0.15, 0.2) is 33.9 Å². The Balaban J connectivity index is 0. The van der Waals surface area contributed by atoms with E-state index in [4.69, 9.17) is 5.11 Å². The van der Waals surface area contributed by atoms with E-state index < -0.39 is 0 Å². The summed E-state index contributed by atoms with van der Waals surface area (Å²) in [5.41, 5.74) is 1.47. The zero-order valence-electron chi connectivity index (χ0n) is 23.5. The molecule has 0 saturated heterocycles. The average Bonchev–Trinajstić information content (AvgIpc) is 2.83. The average molecular weight is 510 g/mol. The van der Waals surface area contributed by atoms with Gasteiger partial charge in [0.15, 0.2) is 0 Å². The van der Waals surface area contributed by atoms with Crippen LogP contribution >= 0.6 is 11.8 Å². The van der Waals surface area contributed by atoms with Gasteiger partial charge >= 0.3 is 0 Å². The summed E-state index contributed by atoms with van der Waals surface area (Å²) in [7, 11) is 1.00. The monoisotopic (exact) mass is 509 g/mol. The molecule has 0 radical (unpaired) electrons. The lowest BCUT2D eigenvalue weighted by Gasteiger charge is -2.15. The van der Waals surface area contributed by atoms with Gasteiger partial charge in [-0.2, -0.15) is 11.8 Å². The smallest absolute Gasteiger partial charge is 0.137 e. The van der Waals surface area contributed by atoms with Crippen molar-refractivity contribution in [1.82, 2.24) is 5.32 Å². The van der Waals surface area contributed by atoms with Crippen LogP contribution < -0.4 is 5.32 Å². The molecule has 0 saturated carbocycles. The maximum Gasteiger partial charge on any atom is 0.137 e. The second-order valence-corrected chi connectivity index (χ2v) is 11.0. The van der Waals surface area contributed by atoms with E-state index in [1.807, 2.05) is 0 Å². The molecule has 2 N–H and O–H groups in total. The molecule has 5 nitrogen and oxygen atoms in total. The Morgan fingerprint density at radius 1 is 1.00 bits per heavy atom. The third-order valence-corrected chi connectivity index (χ3v) is 6.98. The Morgan fingerprint density at radius 2 is 1.60 bits per heavy atom. The van der Waals surface area contributed by atoms with Crippen LogP contribution in [0.3, 0.4) is 0 Å². The van der Waals surface area contributed by atoms with Gasteiger partial charge in [-0.1, -0.05) is 84.3 Å². The first-order valence-corrected chi connectivity index (χ1v) is 14.5. The molecule has 0 aliphatic heterocycles. The van der Waals surface area contributed by atoms with Crippen LogP contribution in [0.1, 0.15) is 92.4 Å². The highest BCUT2D eigenvalue weighted by Gasteiger charge is 2.07. The van der Waals surface area contributed by atoms with Crippen molar-refractivity contribution >= 4 is 31.0 Å². The fraction of sp³-hybridized carbons (Fsp3) is 0.759. The molecule has 0 aliphatic carbocycles. The molecule has 0 aromatic heterocycles. The van der Waals surface area contributed by atoms with Gasteiger partial charge in [0.05, 0.1) is 12.7 Å². The number of aliphatic imine (C=N–C) groups is 2. The second kappa shape index (κ2) is 27.3. The minimum absolute atomic E-state index is 0.166. The van der Waals surface area contributed by atoms with E-state index in [2.05, 4.69) is 62.7 Å². The number of rotatable bonds is 22. The molecule has 204 valence electrons. The van der Waals surface area contributed by atoms with Crippen molar-refractivity contribution < 1.29 is 9.90 Å². The van der Waals surface area contributed by atoms with E-state index in [-0.39, 0.29) is 6.04 Å². The highest BCUT2D eigenvalue weighted by atomic mass is 32.2. The van der Waals surface area contributed by atoms with Crippen molar-refractivity contribution in [2.45, 2.75) is 98.4 Å². The lowest BCUT2D eigenvalue weighted by atomic mass is 9.91. The van der Waals surface area contributed by atoms with E-state index in [1.54, 1.807) is 30.3 Å². The number of thioether (sulfide) groups is 1. The quantitative estimate of drug-likeness (QED) is 0.0705. The van der Waals surface area contributed by atoms with Crippen molar-refractivity contribution in [3.05, 3.63) is 23.9 Å². The minimum atomic E-state index is -0.166. The van der Waals surface area contributed by atoms with Crippen molar-refractivity contribution in [3.63, 3.8) is 0 Å². The van der Waals surface area contributed by atoms with Crippen LogP contribution in [0.4, 0.5) is 0 Å². The number of carbonyl (C=O) groups is 1. The summed E-state index contributed by atoms with van der Waals surface area (Å²) in [6, 6.07) is -0.166. The Bertz CT molecular complexity index is 576. The maximum atomic E-state index is 11.2. The predicted octanol–water partition coefficient (Wildman–Crippen LogP) is 7.11. The third-order valence-electron chi connectivity index (χ3n) is 5.98. The van der Waals surface area contributed by atoms with Gasteiger partial charge in [-0.15, -0.1) is 0 Å². The van der Waals surface area contributed by atoms with Gasteiger partial charge in [0.2, 0.25) is 0 Å². The molecule has 0 aromatic carbocycles. The molecule has 0 aliphatic rings. The van der Waals surface area contributed by atoms with Crippen molar-refractivity contribution in [2.75, 3.05) is 25.3 Å². The number of aldehydes is 1. The molecule has 0 fully saturated rings. The summed E-state index contributed by atoms with van der Waals surface area (Å²) in [4.78, 5) is 19.0. The molecular formula is C29H55N3O2S. The Labute approximate surface area is 221 Å². The SMILES string of the molecule is C=N/C=C\C=N/CNC(C=O)CSC/C=C(\C)CCCC(C)CCCC(C)CCCC(C)C.CO. The first-order valence-electron chi connectivity index (χ1n) is 13.4.